The minimum absolute atomic E-state index is 0.548. The maximum Gasteiger partial charge on any atom is 0.522 e. The van der Waals surface area contributed by atoms with Crippen molar-refractivity contribution in [1.82, 2.24) is 10.2 Å². The smallest absolute Gasteiger partial charge is 0.444 e. The maximum atomic E-state index is 13.1. The fourth-order valence-corrected chi connectivity index (χ4v) is 2.05. The molecule has 1 aliphatic heterocycles. The Labute approximate surface area is 139 Å². The SMILES string of the molecule is C[C@H]1[C@@H](OC(F)(F)F)CN1C(=O)C(NC(=O)OC(C)(C)C)C(F)(F)F. The number of hydrogen-bond acceptors (Lipinski definition) is 4. The first kappa shape index (κ1) is 21.3. The van der Waals surface area contributed by atoms with Gasteiger partial charge in [0.05, 0.1) is 6.04 Å². The molecule has 1 unspecified atom stereocenters. The molecule has 3 atom stereocenters. The fourth-order valence-electron chi connectivity index (χ4n) is 2.05. The van der Waals surface area contributed by atoms with Crippen LogP contribution in [0.15, 0.2) is 0 Å². The van der Waals surface area contributed by atoms with E-state index in [1.807, 2.05) is 0 Å². The lowest BCUT2D eigenvalue weighted by Crippen LogP contribution is -2.68. The summed E-state index contributed by atoms with van der Waals surface area (Å²) in [6, 6.07) is -4.17. The lowest BCUT2D eigenvalue weighted by molar-refractivity contribution is -0.360. The van der Waals surface area contributed by atoms with Crippen molar-refractivity contribution >= 4 is 12.0 Å². The van der Waals surface area contributed by atoms with E-state index in [2.05, 4.69) is 9.47 Å². The molecule has 0 aliphatic carbocycles. The summed E-state index contributed by atoms with van der Waals surface area (Å²) in [6.07, 6.45) is -13.1. The predicted octanol–water partition coefficient (Wildman–Crippen LogP) is 2.58. The summed E-state index contributed by atoms with van der Waals surface area (Å²) >= 11 is 0. The molecule has 2 amide bonds. The highest BCUT2D eigenvalue weighted by atomic mass is 19.4. The second-order valence-electron chi connectivity index (χ2n) is 6.45. The molecule has 1 heterocycles. The van der Waals surface area contributed by atoms with Crippen molar-refractivity contribution in [1.29, 1.82) is 0 Å². The van der Waals surface area contributed by atoms with Gasteiger partial charge < -0.3 is 15.0 Å². The van der Waals surface area contributed by atoms with E-state index in [1.165, 1.54) is 26.1 Å². The molecule has 0 aromatic heterocycles. The molecule has 1 saturated heterocycles. The first-order valence-corrected chi connectivity index (χ1v) is 7.12. The van der Waals surface area contributed by atoms with Crippen LogP contribution in [0.25, 0.3) is 0 Å². The Hall–Kier alpha value is -1.72. The number of carbonyl (C=O) groups is 2. The standard InChI is InChI=1S/C13H18F6N2O4/c1-6-7(24-13(17,18)19)5-21(6)9(22)8(12(14,15)16)20-10(23)25-11(2,3)4/h6-8H,5H2,1-4H3,(H,20,23)/t6-,7-,8?/m0/s1. The summed E-state index contributed by atoms with van der Waals surface area (Å²) in [5.74, 6) is -1.59. The second-order valence-corrected chi connectivity index (χ2v) is 6.45. The van der Waals surface area contributed by atoms with Crippen LogP contribution in [0, 0.1) is 0 Å². The summed E-state index contributed by atoms with van der Waals surface area (Å²) in [4.78, 5) is 24.0. The van der Waals surface area contributed by atoms with Crippen LogP contribution in [0.4, 0.5) is 31.1 Å². The number of alkyl carbamates (subject to hydrolysis) is 1. The van der Waals surface area contributed by atoms with Crippen LogP contribution in [-0.4, -0.2) is 59.8 Å². The van der Waals surface area contributed by atoms with Crippen molar-refractivity contribution < 1.29 is 45.4 Å². The Morgan fingerprint density at radius 1 is 1.12 bits per heavy atom. The molecule has 1 N–H and O–H groups in total. The summed E-state index contributed by atoms with van der Waals surface area (Å²) in [6.45, 7) is 4.66. The molecule has 0 spiro atoms. The minimum atomic E-state index is -5.15. The van der Waals surface area contributed by atoms with Gasteiger partial charge in [-0.1, -0.05) is 0 Å². The normalized spacial score (nSPS) is 22.9. The van der Waals surface area contributed by atoms with Crippen molar-refractivity contribution in [3.05, 3.63) is 0 Å². The van der Waals surface area contributed by atoms with Gasteiger partial charge in [0, 0.05) is 6.54 Å². The largest absolute Gasteiger partial charge is 0.522 e. The number of nitrogens with one attached hydrogen (secondary N) is 1. The fraction of sp³-hybridized carbons (Fsp3) is 0.846. The van der Waals surface area contributed by atoms with Gasteiger partial charge in [-0.15, -0.1) is 13.2 Å². The van der Waals surface area contributed by atoms with Gasteiger partial charge in [-0.2, -0.15) is 13.2 Å². The number of likely N-dealkylation sites (tertiary alicyclic amines) is 1. The molecule has 1 rings (SSSR count). The van der Waals surface area contributed by atoms with Gasteiger partial charge in [0.25, 0.3) is 5.91 Å². The molecule has 1 aliphatic rings. The van der Waals surface area contributed by atoms with Crippen LogP contribution in [0.3, 0.4) is 0 Å². The summed E-state index contributed by atoms with van der Waals surface area (Å²) in [5.41, 5.74) is -1.10. The zero-order valence-corrected chi connectivity index (χ0v) is 13.8. The molecule has 0 aromatic rings. The van der Waals surface area contributed by atoms with Gasteiger partial charge in [-0.05, 0) is 27.7 Å². The second kappa shape index (κ2) is 6.89. The van der Waals surface area contributed by atoms with Crippen LogP contribution in [0.2, 0.25) is 0 Å². The number of ether oxygens (including phenoxy) is 2. The van der Waals surface area contributed by atoms with E-state index in [0.717, 1.165) is 6.92 Å². The number of halogens is 6. The van der Waals surface area contributed by atoms with Crippen molar-refractivity contribution in [2.45, 2.75) is 64.0 Å². The van der Waals surface area contributed by atoms with Gasteiger partial charge in [0.1, 0.15) is 11.7 Å². The Morgan fingerprint density at radius 2 is 1.64 bits per heavy atom. The minimum Gasteiger partial charge on any atom is -0.444 e. The van der Waals surface area contributed by atoms with Crippen molar-refractivity contribution in [3.63, 3.8) is 0 Å². The highest BCUT2D eigenvalue weighted by Crippen LogP contribution is 2.31. The highest BCUT2D eigenvalue weighted by Gasteiger charge is 2.53. The van der Waals surface area contributed by atoms with Crippen LogP contribution in [-0.2, 0) is 14.3 Å². The van der Waals surface area contributed by atoms with Crippen LogP contribution < -0.4 is 5.32 Å². The van der Waals surface area contributed by atoms with E-state index >= 15 is 0 Å². The van der Waals surface area contributed by atoms with E-state index in [-0.39, 0.29) is 0 Å². The number of amides is 2. The molecule has 12 heteroatoms. The Balaban J connectivity index is 2.78. The topological polar surface area (TPSA) is 67.9 Å². The number of rotatable bonds is 3. The Kier molecular flexibility index (Phi) is 5.87. The molecular formula is C13H18F6N2O4. The molecule has 0 bridgehead atoms. The molecule has 0 saturated carbocycles. The van der Waals surface area contributed by atoms with Crippen molar-refractivity contribution in [3.8, 4) is 0 Å². The van der Waals surface area contributed by atoms with Gasteiger partial charge in [-0.25, -0.2) is 4.79 Å². The number of nitrogens with zero attached hydrogens (tertiary/aromatic N) is 1. The number of hydrogen-bond donors (Lipinski definition) is 1. The van der Waals surface area contributed by atoms with Crippen LogP contribution in [0.5, 0.6) is 0 Å². The Bertz CT molecular complexity index is 514. The van der Waals surface area contributed by atoms with E-state index in [0.29, 0.717) is 4.90 Å². The summed E-state index contributed by atoms with van der Waals surface area (Å²) < 4.78 is 83.9. The molecule has 25 heavy (non-hydrogen) atoms. The molecule has 6 nitrogen and oxygen atoms in total. The third kappa shape index (κ3) is 6.25. The predicted molar refractivity (Wildman–Crippen MR) is 71.3 cm³/mol. The maximum absolute atomic E-state index is 13.1. The quantitative estimate of drug-likeness (QED) is 0.765. The monoisotopic (exact) mass is 380 g/mol. The molecule has 146 valence electrons. The third-order valence-corrected chi connectivity index (χ3v) is 3.21. The zero-order chi connectivity index (χ0) is 19.8. The average Bonchev–Trinajstić information content (AvgIpc) is 2.35. The number of alkyl halides is 6. The van der Waals surface area contributed by atoms with E-state index in [1.54, 1.807) is 0 Å². The van der Waals surface area contributed by atoms with E-state index < -0.39 is 54.9 Å². The van der Waals surface area contributed by atoms with Crippen molar-refractivity contribution in [2.75, 3.05) is 6.54 Å². The molecule has 1 fully saturated rings. The molecular weight excluding hydrogens is 362 g/mol. The summed E-state index contributed by atoms with van der Waals surface area (Å²) in [7, 11) is 0. The van der Waals surface area contributed by atoms with E-state index in [9.17, 15) is 35.9 Å². The van der Waals surface area contributed by atoms with Crippen LogP contribution >= 0.6 is 0 Å². The lowest BCUT2D eigenvalue weighted by atomic mass is 9.99. The number of carbonyl (C=O) groups excluding carboxylic acids is 2. The zero-order valence-electron chi connectivity index (χ0n) is 13.8. The molecule has 0 radical (unpaired) electrons. The first-order valence-electron chi connectivity index (χ1n) is 7.12. The van der Waals surface area contributed by atoms with Crippen molar-refractivity contribution in [2.24, 2.45) is 0 Å². The molecule has 0 aromatic carbocycles. The van der Waals surface area contributed by atoms with Gasteiger partial charge in [-0.3, -0.25) is 9.53 Å². The Morgan fingerprint density at radius 3 is 2.00 bits per heavy atom. The summed E-state index contributed by atoms with van der Waals surface area (Å²) in [5, 5.41) is 1.41. The van der Waals surface area contributed by atoms with E-state index in [4.69, 9.17) is 0 Å². The van der Waals surface area contributed by atoms with Crippen LogP contribution in [0.1, 0.15) is 27.7 Å². The average molecular weight is 380 g/mol. The lowest BCUT2D eigenvalue weighted by Gasteiger charge is -2.47. The highest BCUT2D eigenvalue weighted by molar-refractivity contribution is 5.87. The third-order valence-electron chi connectivity index (χ3n) is 3.21. The van der Waals surface area contributed by atoms with Gasteiger partial charge in [0.15, 0.2) is 0 Å². The van der Waals surface area contributed by atoms with Gasteiger partial charge >= 0.3 is 18.6 Å². The first-order chi connectivity index (χ1) is 11.0. The van der Waals surface area contributed by atoms with Gasteiger partial charge in [0.2, 0.25) is 6.04 Å².